The number of rotatable bonds is 1. The standard InChI is InChI=1S/C9H11N3O2/c13-7-1-2-10-8(7)6-5-11-9-12(6)3-4-14-9/h3-5,7-8,10,13H,1-2H2. The lowest BCUT2D eigenvalue weighted by Crippen LogP contribution is -2.22. The Morgan fingerprint density at radius 1 is 1.64 bits per heavy atom. The van der Waals surface area contributed by atoms with Gasteiger partial charge in [-0.05, 0) is 13.0 Å². The number of hydrogen-bond donors (Lipinski definition) is 2. The van der Waals surface area contributed by atoms with Crippen LogP contribution in [0.25, 0.3) is 5.84 Å². The zero-order chi connectivity index (χ0) is 9.54. The number of aliphatic hydroxyl groups is 1. The lowest BCUT2D eigenvalue weighted by molar-refractivity contribution is 0.158. The molecule has 1 aliphatic rings. The van der Waals surface area contributed by atoms with Crippen molar-refractivity contribution >= 4 is 5.84 Å². The van der Waals surface area contributed by atoms with Gasteiger partial charge in [-0.15, -0.1) is 0 Å². The third-order valence-electron chi connectivity index (χ3n) is 2.68. The van der Waals surface area contributed by atoms with E-state index < -0.39 is 0 Å². The van der Waals surface area contributed by atoms with Crippen LogP contribution in [0.5, 0.6) is 0 Å². The van der Waals surface area contributed by atoms with Gasteiger partial charge in [0, 0.05) is 6.20 Å². The summed E-state index contributed by atoms with van der Waals surface area (Å²) in [4.78, 5) is 4.10. The number of imidazole rings is 1. The van der Waals surface area contributed by atoms with Crippen molar-refractivity contribution in [2.24, 2.45) is 0 Å². The van der Waals surface area contributed by atoms with Gasteiger partial charge in [-0.1, -0.05) is 0 Å². The van der Waals surface area contributed by atoms with E-state index in [1.165, 1.54) is 0 Å². The van der Waals surface area contributed by atoms with Crippen LogP contribution in [-0.2, 0) is 0 Å². The van der Waals surface area contributed by atoms with E-state index in [1.54, 1.807) is 12.5 Å². The molecule has 2 unspecified atom stereocenters. The monoisotopic (exact) mass is 193 g/mol. The van der Waals surface area contributed by atoms with Gasteiger partial charge >= 0.3 is 5.84 Å². The molecule has 3 rings (SSSR count). The van der Waals surface area contributed by atoms with Crippen molar-refractivity contribution < 1.29 is 9.52 Å². The molecular formula is C9H11N3O2. The number of nitrogens with one attached hydrogen (secondary N) is 1. The van der Waals surface area contributed by atoms with Crippen molar-refractivity contribution in [3.05, 3.63) is 24.4 Å². The van der Waals surface area contributed by atoms with E-state index >= 15 is 0 Å². The highest BCUT2D eigenvalue weighted by molar-refractivity contribution is 5.29. The molecule has 74 valence electrons. The van der Waals surface area contributed by atoms with Gasteiger partial charge < -0.3 is 14.8 Å². The van der Waals surface area contributed by atoms with Crippen LogP contribution in [0.2, 0.25) is 0 Å². The largest absolute Gasteiger partial charge is 0.432 e. The van der Waals surface area contributed by atoms with Crippen molar-refractivity contribution in [3.8, 4) is 0 Å². The lowest BCUT2D eigenvalue weighted by atomic mass is 10.1. The summed E-state index contributed by atoms with van der Waals surface area (Å²) >= 11 is 0. The molecule has 0 saturated carbocycles. The van der Waals surface area contributed by atoms with Crippen LogP contribution < -0.4 is 5.32 Å². The maximum Gasteiger partial charge on any atom is 0.305 e. The third kappa shape index (κ3) is 0.995. The molecule has 14 heavy (non-hydrogen) atoms. The fraction of sp³-hybridized carbons (Fsp3) is 0.444. The molecule has 0 amide bonds. The molecule has 0 aromatic carbocycles. The first-order valence-corrected chi connectivity index (χ1v) is 4.68. The maximum atomic E-state index is 9.72. The second kappa shape index (κ2) is 2.83. The summed E-state index contributed by atoms with van der Waals surface area (Å²) in [6.07, 6.45) is 5.60. The van der Waals surface area contributed by atoms with Gasteiger partial charge in [0.15, 0.2) is 0 Å². The number of nitrogens with zero attached hydrogens (tertiary/aromatic N) is 2. The Labute approximate surface area is 80.4 Å². The molecule has 2 aromatic rings. The minimum absolute atomic E-state index is 0.0254. The highest BCUT2D eigenvalue weighted by Gasteiger charge is 2.28. The molecule has 0 spiro atoms. The van der Waals surface area contributed by atoms with E-state index in [1.807, 2.05) is 10.6 Å². The summed E-state index contributed by atoms with van der Waals surface area (Å²) < 4.78 is 6.99. The highest BCUT2D eigenvalue weighted by atomic mass is 16.3. The van der Waals surface area contributed by atoms with Crippen LogP contribution in [0.1, 0.15) is 18.2 Å². The van der Waals surface area contributed by atoms with E-state index in [9.17, 15) is 5.11 Å². The van der Waals surface area contributed by atoms with Crippen molar-refractivity contribution in [3.63, 3.8) is 0 Å². The van der Waals surface area contributed by atoms with Crippen molar-refractivity contribution in [1.82, 2.24) is 14.7 Å². The number of fused-ring (bicyclic) bond motifs is 1. The zero-order valence-corrected chi connectivity index (χ0v) is 7.55. The molecule has 0 radical (unpaired) electrons. The maximum absolute atomic E-state index is 9.72. The second-order valence-corrected chi connectivity index (χ2v) is 3.53. The number of aromatic nitrogens is 2. The van der Waals surface area contributed by atoms with E-state index in [2.05, 4.69) is 10.3 Å². The summed E-state index contributed by atoms with van der Waals surface area (Å²) in [7, 11) is 0. The van der Waals surface area contributed by atoms with Crippen LogP contribution >= 0.6 is 0 Å². The van der Waals surface area contributed by atoms with Gasteiger partial charge in [0.1, 0.15) is 6.26 Å². The average molecular weight is 193 g/mol. The number of hydrogen-bond acceptors (Lipinski definition) is 4. The Balaban J connectivity index is 2.08. The highest BCUT2D eigenvalue weighted by Crippen LogP contribution is 2.24. The summed E-state index contributed by atoms with van der Waals surface area (Å²) in [6, 6.07) is -0.0254. The first-order valence-electron chi connectivity index (χ1n) is 4.68. The van der Waals surface area contributed by atoms with E-state index in [0.717, 1.165) is 18.7 Å². The summed E-state index contributed by atoms with van der Waals surface area (Å²) in [5, 5.41) is 13.0. The lowest BCUT2D eigenvalue weighted by Gasteiger charge is -2.12. The van der Waals surface area contributed by atoms with Gasteiger partial charge in [0.2, 0.25) is 0 Å². The molecular weight excluding hydrogens is 182 g/mol. The molecule has 1 fully saturated rings. The molecule has 3 heterocycles. The van der Waals surface area contributed by atoms with Gasteiger partial charge in [0.05, 0.1) is 24.0 Å². The van der Waals surface area contributed by atoms with Crippen LogP contribution in [-0.4, -0.2) is 27.1 Å². The summed E-state index contributed by atoms with van der Waals surface area (Å²) in [5.41, 5.74) is 0.957. The normalized spacial score (nSPS) is 27.5. The third-order valence-corrected chi connectivity index (χ3v) is 2.68. The topological polar surface area (TPSA) is 62.7 Å². The predicted octanol–water partition coefficient (Wildman–Crippen LogP) is 0.323. The SMILES string of the molecule is OC1CCNC1c1cnc2occn12. The van der Waals surface area contributed by atoms with Gasteiger partial charge in [-0.3, -0.25) is 4.40 Å². The molecule has 2 aromatic heterocycles. The van der Waals surface area contributed by atoms with Crippen molar-refractivity contribution in [2.45, 2.75) is 18.6 Å². The van der Waals surface area contributed by atoms with Crippen molar-refractivity contribution in [2.75, 3.05) is 6.54 Å². The Morgan fingerprint density at radius 2 is 2.57 bits per heavy atom. The smallest absolute Gasteiger partial charge is 0.305 e. The van der Waals surface area contributed by atoms with Gasteiger partial charge in [-0.2, -0.15) is 0 Å². The van der Waals surface area contributed by atoms with Gasteiger partial charge in [-0.25, -0.2) is 4.98 Å². The Hall–Kier alpha value is -1.33. The number of oxazole rings is 1. The molecule has 0 aliphatic carbocycles. The molecule has 2 N–H and O–H groups in total. The fourth-order valence-electron chi connectivity index (χ4n) is 1.97. The zero-order valence-electron chi connectivity index (χ0n) is 7.55. The molecule has 2 atom stereocenters. The Bertz CT molecular complexity index is 448. The van der Waals surface area contributed by atoms with Crippen LogP contribution in [0.4, 0.5) is 0 Å². The summed E-state index contributed by atoms with van der Waals surface area (Å²) in [5.74, 6) is 0.570. The van der Waals surface area contributed by atoms with Crippen LogP contribution in [0, 0.1) is 0 Å². The van der Waals surface area contributed by atoms with Crippen molar-refractivity contribution in [1.29, 1.82) is 0 Å². The van der Waals surface area contributed by atoms with Crippen LogP contribution in [0.3, 0.4) is 0 Å². The Kier molecular flexibility index (Phi) is 1.62. The molecule has 0 bridgehead atoms. The Morgan fingerprint density at radius 3 is 3.36 bits per heavy atom. The molecule has 1 saturated heterocycles. The van der Waals surface area contributed by atoms with E-state index in [-0.39, 0.29) is 12.1 Å². The fourth-order valence-corrected chi connectivity index (χ4v) is 1.97. The second-order valence-electron chi connectivity index (χ2n) is 3.53. The van der Waals surface area contributed by atoms with E-state index in [4.69, 9.17) is 4.42 Å². The molecule has 1 aliphatic heterocycles. The molecule has 5 heteroatoms. The van der Waals surface area contributed by atoms with E-state index in [0.29, 0.717) is 5.84 Å². The van der Waals surface area contributed by atoms with Gasteiger partial charge in [0.25, 0.3) is 0 Å². The predicted molar refractivity (Wildman–Crippen MR) is 48.8 cm³/mol. The average Bonchev–Trinajstić information content (AvgIpc) is 2.78. The first kappa shape index (κ1) is 8.02. The summed E-state index contributed by atoms with van der Waals surface area (Å²) in [6.45, 7) is 0.844. The minimum Gasteiger partial charge on any atom is -0.432 e. The first-order chi connectivity index (χ1) is 6.86. The quantitative estimate of drug-likeness (QED) is 0.684. The number of aliphatic hydroxyl groups excluding tert-OH is 1. The minimum atomic E-state index is -0.329. The molecule has 5 nitrogen and oxygen atoms in total. The van der Waals surface area contributed by atoms with Crippen LogP contribution in [0.15, 0.2) is 23.1 Å².